The fourth-order valence-corrected chi connectivity index (χ4v) is 2.31. The highest BCUT2D eigenvalue weighted by atomic mass is 35.5. The summed E-state index contributed by atoms with van der Waals surface area (Å²) in [5.74, 6) is 0.494. The van der Waals surface area contributed by atoms with Crippen LogP contribution < -0.4 is 0 Å². The number of hydrogen-bond acceptors (Lipinski definition) is 0. The second-order valence-corrected chi connectivity index (χ2v) is 4.49. The number of halogens is 1. The predicted molar refractivity (Wildman–Crippen MR) is 72.9 cm³/mol. The third-order valence-corrected chi connectivity index (χ3v) is 2.95. The molecule has 0 saturated carbocycles. The number of fused-ring (bicyclic) bond motifs is 1. The number of hydrogen-bond donors (Lipinski definition) is 0. The highest BCUT2D eigenvalue weighted by Gasteiger charge is 2.08. The van der Waals surface area contributed by atoms with E-state index >= 15 is 0 Å². The number of benzene rings is 2. The van der Waals surface area contributed by atoms with E-state index in [1.165, 1.54) is 21.9 Å². The minimum Gasteiger partial charge on any atom is -0.0929 e. The van der Waals surface area contributed by atoms with E-state index in [-0.39, 0.29) is 0 Å². The van der Waals surface area contributed by atoms with Gasteiger partial charge in [-0.25, -0.2) is 0 Å². The molecule has 2 rings (SSSR count). The van der Waals surface area contributed by atoms with Crippen molar-refractivity contribution in [3.8, 4) is 0 Å². The molecule has 0 nitrogen and oxygen atoms in total. The van der Waals surface area contributed by atoms with Crippen molar-refractivity contribution < 1.29 is 0 Å². The minimum absolute atomic E-state index is 0.494. The number of rotatable bonds is 2. The lowest BCUT2D eigenvalue weighted by molar-refractivity contribution is 0.874. The monoisotopic (exact) mass is 230 g/mol. The summed E-state index contributed by atoms with van der Waals surface area (Å²) in [4.78, 5) is 0. The molecule has 0 heterocycles. The Kier molecular flexibility index (Phi) is 3.31. The highest BCUT2D eigenvalue weighted by molar-refractivity contribution is 6.27. The molecule has 0 fully saturated rings. The summed E-state index contributed by atoms with van der Waals surface area (Å²) in [6, 6.07) is 12.8. The van der Waals surface area contributed by atoms with Crippen LogP contribution in [0.1, 0.15) is 30.9 Å². The summed E-state index contributed by atoms with van der Waals surface area (Å²) in [5.41, 5.74) is 4.16. The maximum atomic E-state index is 5.68. The van der Waals surface area contributed by atoms with E-state index in [1.807, 2.05) is 6.08 Å². The van der Waals surface area contributed by atoms with Gasteiger partial charge in [0.05, 0.1) is 0 Å². The molecule has 0 unspecified atom stereocenters. The maximum absolute atomic E-state index is 5.68. The van der Waals surface area contributed by atoms with E-state index in [1.54, 1.807) is 5.54 Å². The van der Waals surface area contributed by atoms with Crippen LogP contribution in [0.5, 0.6) is 0 Å². The van der Waals surface area contributed by atoms with E-state index in [2.05, 4.69) is 50.2 Å². The van der Waals surface area contributed by atoms with E-state index in [4.69, 9.17) is 11.6 Å². The minimum atomic E-state index is 0.494. The van der Waals surface area contributed by atoms with Crippen molar-refractivity contribution in [3.05, 3.63) is 53.1 Å². The third-order valence-electron chi connectivity index (χ3n) is 2.82. The summed E-state index contributed by atoms with van der Waals surface area (Å²) in [7, 11) is 0. The first-order valence-corrected chi connectivity index (χ1v) is 5.96. The molecule has 16 heavy (non-hydrogen) atoms. The SMILES string of the molecule is CC(C)c1c(C=CCl)ccc2ccccc12. The molecule has 0 bridgehead atoms. The van der Waals surface area contributed by atoms with Gasteiger partial charge in [0.25, 0.3) is 0 Å². The second kappa shape index (κ2) is 4.71. The van der Waals surface area contributed by atoms with Gasteiger partial charge in [0.2, 0.25) is 0 Å². The van der Waals surface area contributed by atoms with Crippen molar-refractivity contribution >= 4 is 28.4 Å². The van der Waals surface area contributed by atoms with Crippen molar-refractivity contribution in [1.29, 1.82) is 0 Å². The first kappa shape index (κ1) is 11.2. The van der Waals surface area contributed by atoms with Crippen LogP contribution in [0, 0.1) is 0 Å². The Hall–Kier alpha value is -1.27. The van der Waals surface area contributed by atoms with Crippen LogP contribution in [0.15, 0.2) is 41.9 Å². The van der Waals surface area contributed by atoms with Crippen LogP contribution in [0.2, 0.25) is 0 Å². The Morgan fingerprint density at radius 1 is 1.06 bits per heavy atom. The Balaban J connectivity index is 2.79. The van der Waals surface area contributed by atoms with Crippen molar-refractivity contribution in [2.75, 3.05) is 0 Å². The van der Waals surface area contributed by atoms with Gasteiger partial charge in [0.1, 0.15) is 0 Å². The molecule has 0 amide bonds. The predicted octanol–water partition coefficient (Wildman–Crippen LogP) is 5.17. The maximum Gasteiger partial charge on any atom is 0.00485 e. The summed E-state index contributed by atoms with van der Waals surface area (Å²) in [6.45, 7) is 4.43. The quantitative estimate of drug-likeness (QED) is 0.668. The van der Waals surface area contributed by atoms with Crippen molar-refractivity contribution in [3.63, 3.8) is 0 Å². The average Bonchev–Trinajstić information content (AvgIpc) is 2.28. The van der Waals surface area contributed by atoms with Gasteiger partial charge in [-0.15, -0.1) is 0 Å². The molecular formula is C15H15Cl. The van der Waals surface area contributed by atoms with Gasteiger partial charge < -0.3 is 0 Å². The first-order chi connectivity index (χ1) is 7.74. The van der Waals surface area contributed by atoms with Crippen LogP contribution in [0.25, 0.3) is 16.8 Å². The van der Waals surface area contributed by atoms with E-state index in [0.29, 0.717) is 5.92 Å². The first-order valence-electron chi connectivity index (χ1n) is 5.52. The fourth-order valence-electron chi connectivity index (χ4n) is 2.17. The van der Waals surface area contributed by atoms with Gasteiger partial charge in [0, 0.05) is 5.54 Å². The molecule has 0 spiro atoms. The van der Waals surface area contributed by atoms with Crippen LogP contribution in [0.4, 0.5) is 0 Å². The van der Waals surface area contributed by atoms with E-state index in [0.717, 1.165) is 0 Å². The molecule has 0 N–H and O–H groups in total. The highest BCUT2D eigenvalue weighted by Crippen LogP contribution is 2.29. The standard InChI is InChI=1S/C15H15Cl/c1-11(2)15-13(9-10-16)8-7-12-5-3-4-6-14(12)15/h3-11H,1-2H3. The summed E-state index contributed by atoms with van der Waals surface area (Å²) in [5, 5.41) is 2.61. The summed E-state index contributed by atoms with van der Waals surface area (Å²) < 4.78 is 0. The molecule has 1 heteroatoms. The third kappa shape index (κ3) is 1.98. The fraction of sp³-hybridized carbons (Fsp3) is 0.200. The molecule has 2 aromatic carbocycles. The van der Waals surface area contributed by atoms with Crippen molar-refractivity contribution in [2.24, 2.45) is 0 Å². The Morgan fingerprint density at radius 2 is 1.81 bits per heavy atom. The molecule has 0 aliphatic rings. The zero-order valence-corrected chi connectivity index (χ0v) is 10.3. The van der Waals surface area contributed by atoms with Crippen LogP contribution in [-0.4, -0.2) is 0 Å². The molecule has 0 aliphatic carbocycles. The van der Waals surface area contributed by atoms with Gasteiger partial charge in [-0.1, -0.05) is 61.8 Å². The van der Waals surface area contributed by atoms with Crippen molar-refractivity contribution in [1.82, 2.24) is 0 Å². The van der Waals surface area contributed by atoms with Crippen LogP contribution in [-0.2, 0) is 0 Å². The zero-order chi connectivity index (χ0) is 11.5. The zero-order valence-electron chi connectivity index (χ0n) is 9.57. The topological polar surface area (TPSA) is 0 Å². The normalized spacial score (nSPS) is 11.8. The van der Waals surface area contributed by atoms with Gasteiger partial charge in [-0.2, -0.15) is 0 Å². The Bertz CT molecular complexity index is 524. The largest absolute Gasteiger partial charge is 0.0929 e. The lowest BCUT2D eigenvalue weighted by Crippen LogP contribution is -1.93. The van der Waals surface area contributed by atoms with Gasteiger partial charge in [0.15, 0.2) is 0 Å². The second-order valence-electron chi connectivity index (χ2n) is 4.24. The molecule has 82 valence electrons. The Morgan fingerprint density at radius 3 is 2.50 bits per heavy atom. The lowest BCUT2D eigenvalue weighted by atomic mass is 9.91. The molecule has 0 saturated heterocycles. The molecular weight excluding hydrogens is 216 g/mol. The molecule has 0 radical (unpaired) electrons. The summed E-state index contributed by atoms with van der Waals surface area (Å²) >= 11 is 5.68. The van der Waals surface area contributed by atoms with E-state index in [9.17, 15) is 0 Å². The van der Waals surface area contributed by atoms with Crippen LogP contribution in [0.3, 0.4) is 0 Å². The van der Waals surface area contributed by atoms with Crippen LogP contribution >= 0.6 is 11.6 Å². The molecule has 0 atom stereocenters. The molecule has 0 aliphatic heterocycles. The van der Waals surface area contributed by atoms with Crippen molar-refractivity contribution in [2.45, 2.75) is 19.8 Å². The lowest BCUT2D eigenvalue weighted by Gasteiger charge is -2.13. The van der Waals surface area contributed by atoms with Gasteiger partial charge >= 0.3 is 0 Å². The Labute approximate surface area is 102 Å². The molecule has 0 aromatic heterocycles. The summed E-state index contributed by atoms with van der Waals surface area (Å²) in [6.07, 6.45) is 1.96. The average molecular weight is 231 g/mol. The van der Waals surface area contributed by atoms with Gasteiger partial charge in [-0.05, 0) is 33.9 Å². The van der Waals surface area contributed by atoms with Gasteiger partial charge in [-0.3, -0.25) is 0 Å². The molecule has 2 aromatic rings. The van der Waals surface area contributed by atoms with E-state index < -0.39 is 0 Å². The smallest absolute Gasteiger partial charge is 0.00485 e.